The molecule has 1 rings (SSSR count). The summed E-state index contributed by atoms with van der Waals surface area (Å²) in [5.41, 5.74) is 17.0. The zero-order valence-electron chi connectivity index (χ0n) is 18.0. The van der Waals surface area contributed by atoms with Gasteiger partial charge in [0, 0.05) is 6.54 Å². The Bertz CT molecular complexity index is 462. The molecule has 0 atom stereocenters. The average molecular weight is 394 g/mol. The van der Waals surface area contributed by atoms with Gasteiger partial charge in [0.1, 0.15) is 0 Å². The molecule has 6 N–H and O–H groups in total. The largest absolute Gasteiger partial charge is 0.368 e. The Morgan fingerprint density at radius 1 is 0.571 bits per heavy atom. The highest BCUT2D eigenvalue weighted by Crippen LogP contribution is 2.13. The lowest BCUT2D eigenvalue weighted by Crippen LogP contribution is -2.24. The molecule has 162 valence electrons. The van der Waals surface area contributed by atoms with Gasteiger partial charge in [0.05, 0.1) is 0 Å². The number of rotatable bonds is 19. The first-order valence-corrected chi connectivity index (χ1v) is 11.5. The van der Waals surface area contributed by atoms with Crippen molar-refractivity contribution < 1.29 is 0 Å². The number of nitrogen functional groups attached to an aromatic ring is 2. The summed E-state index contributed by atoms with van der Waals surface area (Å²) in [6.07, 6.45) is 22.1. The molecule has 0 radical (unpaired) electrons. The van der Waals surface area contributed by atoms with Gasteiger partial charge in [-0.2, -0.15) is 15.0 Å². The first kappa shape index (κ1) is 24.4. The SMILES string of the molecule is CCCCCCCCCCCCCCCCCCNNc1nc(N)nc(N)n1. The summed E-state index contributed by atoms with van der Waals surface area (Å²) in [4.78, 5) is 11.6. The van der Waals surface area contributed by atoms with E-state index in [2.05, 4.69) is 32.7 Å². The molecule has 0 aromatic carbocycles. The van der Waals surface area contributed by atoms with Gasteiger partial charge < -0.3 is 11.5 Å². The van der Waals surface area contributed by atoms with Crippen LogP contribution in [0.25, 0.3) is 0 Å². The minimum absolute atomic E-state index is 0.124. The molecule has 1 aromatic heterocycles. The molecule has 0 unspecified atom stereocenters. The maximum absolute atomic E-state index is 5.52. The predicted molar refractivity (Wildman–Crippen MR) is 120 cm³/mol. The maximum atomic E-state index is 5.52. The van der Waals surface area contributed by atoms with Crippen LogP contribution in [0.1, 0.15) is 110 Å². The number of nitrogens with zero attached hydrogens (tertiary/aromatic N) is 3. The van der Waals surface area contributed by atoms with E-state index in [1.165, 1.54) is 96.3 Å². The van der Waals surface area contributed by atoms with Crippen molar-refractivity contribution in [3.8, 4) is 0 Å². The third kappa shape index (κ3) is 14.4. The van der Waals surface area contributed by atoms with Gasteiger partial charge in [-0.05, 0) is 6.42 Å². The van der Waals surface area contributed by atoms with E-state index >= 15 is 0 Å². The van der Waals surface area contributed by atoms with Crippen LogP contribution in [0.2, 0.25) is 0 Å². The van der Waals surface area contributed by atoms with Gasteiger partial charge in [-0.25, -0.2) is 5.43 Å². The summed E-state index contributed by atoms with van der Waals surface area (Å²) in [7, 11) is 0. The normalized spacial score (nSPS) is 11.0. The van der Waals surface area contributed by atoms with Crippen molar-refractivity contribution in [2.45, 2.75) is 110 Å². The highest BCUT2D eigenvalue weighted by atomic mass is 15.4. The number of unbranched alkanes of at least 4 members (excludes halogenated alkanes) is 15. The first-order chi connectivity index (χ1) is 13.7. The van der Waals surface area contributed by atoms with Crippen molar-refractivity contribution in [2.75, 3.05) is 23.4 Å². The molecular formula is C21H43N7. The van der Waals surface area contributed by atoms with E-state index in [9.17, 15) is 0 Å². The number of aromatic nitrogens is 3. The Morgan fingerprint density at radius 3 is 1.39 bits per heavy atom. The van der Waals surface area contributed by atoms with Crippen molar-refractivity contribution in [3.63, 3.8) is 0 Å². The van der Waals surface area contributed by atoms with Gasteiger partial charge in [0.25, 0.3) is 0 Å². The molecule has 0 saturated heterocycles. The fourth-order valence-corrected chi connectivity index (χ4v) is 3.37. The number of nitrogens with two attached hydrogens (primary N) is 2. The van der Waals surface area contributed by atoms with Gasteiger partial charge >= 0.3 is 0 Å². The molecule has 0 saturated carbocycles. The summed E-state index contributed by atoms with van der Waals surface area (Å²) in [5, 5.41) is 0. The van der Waals surface area contributed by atoms with Crippen LogP contribution >= 0.6 is 0 Å². The van der Waals surface area contributed by atoms with Crippen LogP contribution in [0.3, 0.4) is 0 Å². The van der Waals surface area contributed by atoms with Crippen LogP contribution in [0.4, 0.5) is 17.8 Å². The van der Waals surface area contributed by atoms with E-state index in [1.54, 1.807) is 0 Å². The Hall–Kier alpha value is -1.63. The number of hydrogen-bond donors (Lipinski definition) is 4. The third-order valence-electron chi connectivity index (χ3n) is 5.03. The monoisotopic (exact) mass is 393 g/mol. The van der Waals surface area contributed by atoms with E-state index in [0.717, 1.165) is 13.0 Å². The Balaban J connectivity index is 1.76. The lowest BCUT2D eigenvalue weighted by atomic mass is 10.0. The average Bonchev–Trinajstić information content (AvgIpc) is 2.66. The van der Waals surface area contributed by atoms with Crippen molar-refractivity contribution in [1.82, 2.24) is 20.4 Å². The molecule has 1 heterocycles. The molecule has 1 aromatic rings. The smallest absolute Gasteiger partial charge is 0.243 e. The molecule has 7 nitrogen and oxygen atoms in total. The van der Waals surface area contributed by atoms with Gasteiger partial charge in [-0.1, -0.05) is 103 Å². The standard InChI is InChI=1S/C21H43N7/c1-2-3-4-5-6-7-8-9-10-11-12-13-14-15-16-17-18-24-28-21-26-19(22)25-20(23)27-21/h24H,2-18H2,1H3,(H5,22,23,25,26,27,28). The summed E-state index contributed by atoms with van der Waals surface area (Å²) in [5.74, 6) is 0.611. The molecule has 0 spiro atoms. The fraction of sp³-hybridized carbons (Fsp3) is 0.857. The van der Waals surface area contributed by atoms with E-state index in [4.69, 9.17) is 11.5 Å². The highest BCUT2D eigenvalue weighted by molar-refractivity contribution is 5.36. The number of nitrogens with one attached hydrogen (secondary N) is 2. The lowest BCUT2D eigenvalue weighted by Gasteiger charge is -2.07. The quantitative estimate of drug-likeness (QED) is 0.188. The van der Waals surface area contributed by atoms with Crippen LogP contribution < -0.4 is 22.3 Å². The third-order valence-corrected chi connectivity index (χ3v) is 5.03. The van der Waals surface area contributed by atoms with Crippen molar-refractivity contribution in [3.05, 3.63) is 0 Å². The van der Waals surface area contributed by atoms with Gasteiger partial charge in [-0.3, -0.25) is 5.43 Å². The van der Waals surface area contributed by atoms with Crippen LogP contribution in [0.15, 0.2) is 0 Å². The topological polar surface area (TPSA) is 115 Å². The molecule has 0 aliphatic heterocycles. The molecule has 0 bridgehead atoms. The minimum Gasteiger partial charge on any atom is -0.368 e. The zero-order chi connectivity index (χ0) is 20.3. The van der Waals surface area contributed by atoms with Crippen LogP contribution in [0.5, 0.6) is 0 Å². The van der Waals surface area contributed by atoms with Crippen LogP contribution in [0, 0.1) is 0 Å². The van der Waals surface area contributed by atoms with Crippen molar-refractivity contribution in [2.24, 2.45) is 0 Å². The second-order valence-electron chi connectivity index (χ2n) is 7.73. The Morgan fingerprint density at radius 2 is 0.964 bits per heavy atom. The van der Waals surface area contributed by atoms with E-state index in [0.29, 0.717) is 5.95 Å². The number of hydrogen-bond acceptors (Lipinski definition) is 7. The van der Waals surface area contributed by atoms with E-state index in [1.807, 2.05) is 0 Å². The van der Waals surface area contributed by atoms with Gasteiger partial charge in [0.15, 0.2) is 0 Å². The summed E-state index contributed by atoms with van der Waals surface area (Å²) >= 11 is 0. The van der Waals surface area contributed by atoms with Crippen LogP contribution in [-0.2, 0) is 0 Å². The second-order valence-corrected chi connectivity index (χ2v) is 7.73. The summed E-state index contributed by atoms with van der Waals surface area (Å²) < 4.78 is 0. The van der Waals surface area contributed by atoms with Crippen LogP contribution in [-0.4, -0.2) is 21.5 Å². The summed E-state index contributed by atoms with van der Waals surface area (Å²) in [6.45, 7) is 3.15. The van der Waals surface area contributed by atoms with Gasteiger partial charge in [0.2, 0.25) is 17.8 Å². The summed E-state index contributed by atoms with van der Waals surface area (Å²) in [6, 6.07) is 0. The fourth-order valence-electron chi connectivity index (χ4n) is 3.37. The molecule has 0 aliphatic rings. The second kappa shape index (κ2) is 17.5. The number of anilines is 3. The molecular weight excluding hydrogens is 350 g/mol. The number of hydrazine groups is 1. The van der Waals surface area contributed by atoms with Gasteiger partial charge in [-0.15, -0.1) is 0 Å². The Labute approximate surface area is 171 Å². The van der Waals surface area contributed by atoms with E-state index in [-0.39, 0.29) is 11.9 Å². The minimum atomic E-state index is 0.124. The molecule has 7 heteroatoms. The molecule has 28 heavy (non-hydrogen) atoms. The van der Waals surface area contributed by atoms with Crippen molar-refractivity contribution >= 4 is 17.8 Å². The highest BCUT2D eigenvalue weighted by Gasteiger charge is 2.00. The maximum Gasteiger partial charge on any atom is 0.243 e. The first-order valence-electron chi connectivity index (χ1n) is 11.5. The lowest BCUT2D eigenvalue weighted by molar-refractivity contribution is 0.527. The molecule has 0 fully saturated rings. The van der Waals surface area contributed by atoms with Crippen molar-refractivity contribution in [1.29, 1.82) is 0 Å². The van der Waals surface area contributed by atoms with E-state index < -0.39 is 0 Å². The zero-order valence-corrected chi connectivity index (χ0v) is 18.0. The molecule has 0 amide bonds. The Kier molecular flexibility index (Phi) is 15.2. The predicted octanol–water partition coefficient (Wildman–Crippen LogP) is 5.21. The molecule has 0 aliphatic carbocycles.